The van der Waals surface area contributed by atoms with Crippen LogP contribution in [0.5, 0.6) is 11.5 Å². The molecule has 0 saturated heterocycles. The minimum atomic E-state index is -3.19. The number of fused-ring (bicyclic) bond motifs is 1. The molecule has 2 aromatic rings. The molecule has 39 heavy (non-hydrogen) atoms. The Bertz CT molecular complexity index is 1160. The zero-order chi connectivity index (χ0) is 27.7. The Balaban J connectivity index is 1.01. The summed E-state index contributed by atoms with van der Waals surface area (Å²) in [6, 6.07) is 10.6. The fourth-order valence-corrected chi connectivity index (χ4v) is 7.86. The molecule has 2 aromatic carbocycles. The quantitative estimate of drug-likeness (QED) is 0.172. The minimum absolute atomic E-state index is 0.0380. The number of rotatable bonds is 15. The molecule has 216 valence electrons. The Kier molecular flexibility index (Phi) is 11.1. The van der Waals surface area contributed by atoms with Gasteiger partial charge in [-0.05, 0) is 93.7 Å². The lowest BCUT2D eigenvalue weighted by atomic mass is 9.85. The average molecular weight is 560 g/mol. The molecule has 0 aliphatic heterocycles. The van der Waals surface area contributed by atoms with Crippen LogP contribution in [0.15, 0.2) is 41.3 Å². The molecule has 0 amide bonds. The maximum absolute atomic E-state index is 12.8. The van der Waals surface area contributed by atoms with Gasteiger partial charge in [-0.1, -0.05) is 43.9 Å². The summed E-state index contributed by atoms with van der Waals surface area (Å²) in [5.41, 5.74) is 2.44. The summed E-state index contributed by atoms with van der Waals surface area (Å²) < 4.78 is 31.5. The summed E-state index contributed by atoms with van der Waals surface area (Å²) in [5.74, 6) is -0.240. The Morgan fingerprint density at radius 3 is 2.44 bits per heavy atom. The van der Waals surface area contributed by atoms with Crippen molar-refractivity contribution in [1.82, 2.24) is 5.32 Å². The van der Waals surface area contributed by atoms with Crippen LogP contribution >= 0.6 is 0 Å². The van der Waals surface area contributed by atoms with E-state index in [2.05, 4.69) is 5.32 Å². The van der Waals surface area contributed by atoms with E-state index in [9.17, 15) is 23.7 Å². The first-order chi connectivity index (χ1) is 18.9. The molecule has 2 atom stereocenters. The van der Waals surface area contributed by atoms with Crippen molar-refractivity contribution in [1.29, 1.82) is 0 Å². The Hall–Kier alpha value is -2.13. The monoisotopic (exact) mass is 559 g/mol. The van der Waals surface area contributed by atoms with Gasteiger partial charge in [-0.15, -0.1) is 0 Å². The topological polar surface area (TPSA) is 116 Å². The zero-order valence-corrected chi connectivity index (χ0v) is 23.8. The molecule has 8 heteroatoms. The first-order valence-electron chi connectivity index (χ1n) is 14.7. The number of unbranched alkanes of at least 4 members (excludes halogenated alkanes) is 4. The second kappa shape index (κ2) is 14.5. The lowest BCUT2D eigenvalue weighted by Gasteiger charge is -2.31. The Morgan fingerprint density at radius 1 is 0.897 bits per heavy atom. The molecule has 0 aromatic heterocycles. The molecule has 0 radical (unpaired) electrons. The second-order valence-corrected chi connectivity index (χ2v) is 13.4. The molecule has 0 unspecified atom stereocenters. The molecular weight excluding hydrogens is 514 g/mol. The van der Waals surface area contributed by atoms with E-state index in [1.807, 2.05) is 18.2 Å². The van der Waals surface area contributed by atoms with E-state index in [1.165, 1.54) is 6.07 Å². The minimum Gasteiger partial charge on any atom is -0.504 e. The SMILES string of the molecule is O=S(=O)(c1cccc(CCCCOCCCCCCN[C@@H]2CCc3c(ccc(O)c3O)[C@H]2O)c1)C1CCCC1. The molecule has 4 N–H and O–H groups in total. The van der Waals surface area contributed by atoms with E-state index in [0.29, 0.717) is 22.4 Å². The largest absolute Gasteiger partial charge is 0.504 e. The first-order valence-corrected chi connectivity index (χ1v) is 16.3. The van der Waals surface area contributed by atoms with E-state index in [0.717, 1.165) is 102 Å². The van der Waals surface area contributed by atoms with Gasteiger partial charge in [-0.3, -0.25) is 0 Å². The van der Waals surface area contributed by atoms with Gasteiger partial charge in [-0.2, -0.15) is 0 Å². The third kappa shape index (κ3) is 7.97. The van der Waals surface area contributed by atoms with Crippen LogP contribution in [0.25, 0.3) is 0 Å². The van der Waals surface area contributed by atoms with E-state index in [4.69, 9.17) is 4.74 Å². The van der Waals surface area contributed by atoms with Crippen molar-refractivity contribution in [2.75, 3.05) is 19.8 Å². The van der Waals surface area contributed by atoms with Crippen LogP contribution in [0.3, 0.4) is 0 Å². The molecule has 4 rings (SSSR count). The van der Waals surface area contributed by atoms with E-state index in [1.54, 1.807) is 12.1 Å². The number of phenolic OH excluding ortho intramolecular Hbond substituents is 2. The maximum atomic E-state index is 12.8. The van der Waals surface area contributed by atoms with Gasteiger partial charge >= 0.3 is 0 Å². The number of benzene rings is 2. The van der Waals surface area contributed by atoms with Crippen LogP contribution in [-0.2, 0) is 27.4 Å². The van der Waals surface area contributed by atoms with Crippen molar-refractivity contribution in [2.45, 2.75) is 106 Å². The van der Waals surface area contributed by atoms with Crippen molar-refractivity contribution in [3.05, 3.63) is 53.1 Å². The van der Waals surface area contributed by atoms with Gasteiger partial charge in [0.15, 0.2) is 21.3 Å². The lowest BCUT2D eigenvalue weighted by molar-refractivity contribution is 0.113. The number of aromatic hydroxyl groups is 2. The van der Waals surface area contributed by atoms with Gasteiger partial charge in [-0.25, -0.2) is 8.42 Å². The number of phenols is 2. The summed E-state index contributed by atoms with van der Waals surface area (Å²) in [5, 5.41) is 33.6. The van der Waals surface area contributed by atoms with Crippen molar-refractivity contribution < 1.29 is 28.5 Å². The summed E-state index contributed by atoms with van der Waals surface area (Å²) in [4.78, 5) is 0.486. The van der Waals surface area contributed by atoms with E-state index >= 15 is 0 Å². The number of hydrogen-bond acceptors (Lipinski definition) is 7. The third-order valence-electron chi connectivity index (χ3n) is 8.30. The van der Waals surface area contributed by atoms with Crippen LogP contribution < -0.4 is 5.32 Å². The predicted octanol–water partition coefficient (Wildman–Crippen LogP) is 5.35. The van der Waals surface area contributed by atoms with Gasteiger partial charge in [0.05, 0.1) is 16.2 Å². The summed E-state index contributed by atoms with van der Waals surface area (Å²) >= 11 is 0. The summed E-state index contributed by atoms with van der Waals surface area (Å²) in [6.45, 7) is 2.33. The van der Waals surface area contributed by atoms with Gasteiger partial charge in [0, 0.05) is 24.8 Å². The molecule has 1 saturated carbocycles. The van der Waals surface area contributed by atoms with Gasteiger partial charge in [0.2, 0.25) is 0 Å². The molecular formula is C31H45NO6S. The molecule has 7 nitrogen and oxygen atoms in total. The molecule has 0 heterocycles. The lowest BCUT2D eigenvalue weighted by Crippen LogP contribution is -2.38. The second-order valence-electron chi connectivity index (χ2n) is 11.1. The van der Waals surface area contributed by atoms with Crippen molar-refractivity contribution in [3.8, 4) is 11.5 Å². The standard InChI is InChI=1S/C31H45NO6S/c33-29-18-16-26-27(31(29)35)15-17-28(30(26)34)32-19-6-1-2-7-20-38-21-8-5-10-23-11-9-14-25(22-23)39(36,37)24-12-3-4-13-24/h9,11,14,16,18,22,24,28,30,32-35H,1-8,10,12-13,15,17,19-21H2/t28-,30-/m1/s1. The normalized spacial score (nSPS) is 19.8. The molecule has 0 bridgehead atoms. The highest BCUT2D eigenvalue weighted by atomic mass is 32.2. The van der Waals surface area contributed by atoms with Gasteiger partial charge < -0.3 is 25.4 Å². The molecule has 2 aliphatic carbocycles. The molecule has 2 aliphatic rings. The average Bonchev–Trinajstić information content (AvgIpc) is 3.49. The Labute approximate surface area is 233 Å². The van der Waals surface area contributed by atoms with Crippen LogP contribution in [0.4, 0.5) is 0 Å². The van der Waals surface area contributed by atoms with Crippen LogP contribution in [0.2, 0.25) is 0 Å². The maximum Gasteiger partial charge on any atom is 0.181 e. The number of nitrogens with one attached hydrogen (secondary N) is 1. The number of sulfone groups is 1. The zero-order valence-electron chi connectivity index (χ0n) is 23.0. The third-order valence-corrected chi connectivity index (χ3v) is 10.6. The van der Waals surface area contributed by atoms with Gasteiger partial charge in [0.1, 0.15) is 0 Å². The van der Waals surface area contributed by atoms with Crippen LogP contribution in [0, 0.1) is 0 Å². The van der Waals surface area contributed by atoms with Crippen LogP contribution in [0.1, 0.15) is 93.4 Å². The molecule has 1 fully saturated rings. The number of aryl methyl sites for hydroxylation is 1. The number of ether oxygens (including phenoxy) is 1. The highest BCUT2D eigenvalue weighted by Crippen LogP contribution is 2.39. The summed E-state index contributed by atoms with van der Waals surface area (Å²) in [7, 11) is -3.19. The van der Waals surface area contributed by atoms with E-state index in [-0.39, 0.29) is 22.8 Å². The van der Waals surface area contributed by atoms with E-state index < -0.39 is 15.9 Å². The number of aliphatic hydroxyl groups is 1. The highest BCUT2D eigenvalue weighted by molar-refractivity contribution is 7.92. The predicted molar refractivity (Wildman–Crippen MR) is 153 cm³/mol. The first kappa shape index (κ1) is 29.8. The fraction of sp³-hybridized carbons (Fsp3) is 0.613. The highest BCUT2D eigenvalue weighted by Gasteiger charge is 2.31. The van der Waals surface area contributed by atoms with Gasteiger partial charge in [0.25, 0.3) is 0 Å². The Morgan fingerprint density at radius 2 is 1.64 bits per heavy atom. The van der Waals surface area contributed by atoms with Crippen molar-refractivity contribution >= 4 is 9.84 Å². The van der Waals surface area contributed by atoms with Crippen LogP contribution in [-0.4, -0.2) is 54.8 Å². The number of aliphatic hydroxyl groups excluding tert-OH is 1. The number of hydrogen-bond donors (Lipinski definition) is 4. The fourth-order valence-electron chi connectivity index (χ4n) is 5.94. The van der Waals surface area contributed by atoms with Crippen molar-refractivity contribution in [2.24, 2.45) is 0 Å². The smallest absolute Gasteiger partial charge is 0.181 e. The summed E-state index contributed by atoms with van der Waals surface area (Å²) in [6.07, 6.45) is 11.4. The molecule has 0 spiro atoms. The van der Waals surface area contributed by atoms with Crippen molar-refractivity contribution in [3.63, 3.8) is 0 Å².